The van der Waals surface area contributed by atoms with Gasteiger partial charge in [-0.1, -0.05) is 200 Å². The van der Waals surface area contributed by atoms with Gasteiger partial charge in [-0.15, -0.1) is 0 Å². The van der Waals surface area contributed by atoms with Crippen molar-refractivity contribution in [2.45, 2.75) is 0 Å². The number of nitrogens with zero attached hydrogens (tertiary/aromatic N) is 2. The van der Waals surface area contributed by atoms with Gasteiger partial charge in [-0.2, -0.15) is 0 Å². The van der Waals surface area contributed by atoms with E-state index in [9.17, 15) is 0 Å². The molecule has 300 valence electrons. The lowest BCUT2D eigenvalue weighted by Gasteiger charge is -2.28. The Kier molecular flexibility index (Phi) is 9.20. The second-order valence-electron chi connectivity index (χ2n) is 16.5. The van der Waals surface area contributed by atoms with Gasteiger partial charge < -0.3 is 9.47 Å². The summed E-state index contributed by atoms with van der Waals surface area (Å²) in [4.78, 5) is 2.41. The Hall–Kier alpha value is -8.46. The van der Waals surface area contributed by atoms with E-state index in [0.29, 0.717) is 0 Å². The smallest absolute Gasteiger partial charge is 0.0619 e. The minimum Gasteiger partial charge on any atom is -0.310 e. The van der Waals surface area contributed by atoms with E-state index in [0.717, 1.165) is 33.9 Å². The van der Waals surface area contributed by atoms with E-state index >= 15 is 0 Å². The van der Waals surface area contributed by atoms with Gasteiger partial charge in [0.2, 0.25) is 0 Å². The van der Waals surface area contributed by atoms with Gasteiger partial charge in [0.05, 0.1) is 16.7 Å². The predicted molar refractivity (Wildman–Crippen MR) is 272 cm³/mol. The maximum Gasteiger partial charge on any atom is 0.0619 e. The molecule has 0 aliphatic heterocycles. The molecule has 1 heterocycles. The molecule has 0 fully saturated rings. The van der Waals surface area contributed by atoms with Gasteiger partial charge >= 0.3 is 0 Å². The van der Waals surface area contributed by atoms with Crippen molar-refractivity contribution in [2.24, 2.45) is 0 Å². The van der Waals surface area contributed by atoms with Crippen molar-refractivity contribution in [3.8, 4) is 50.2 Å². The molecule has 0 bridgehead atoms. The first-order chi connectivity index (χ1) is 31.7. The first kappa shape index (κ1) is 37.3. The first-order valence-electron chi connectivity index (χ1n) is 22.0. The molecular formula is C62H42N2. The summed E-state index contributed by atoms with van der Waals surface area (Å²) in [7, 11) is 0. The number of hydrogen-bond acceptors (Lipinski definition) is 1. The van der Waals surface area contributed by atoms with E-state index in [4.69, 9.17) is 0 Å². The third-order valence-corrected chi connectivity index (χ3v) is 12.8. The van der Waals surface area contributed by atoms with Crippen molar-refractivity contribution in [1.82, 2.24) is 4.57 Å². The third-order valence-electron chi connectivity index (χ3n) is 12.8. The molecule has 12 aromatic rings. The molecule has 1 aromatic heterocycles. The topological polar surface area (TPSA) is 8.17 Å². The molecule has 0 spiro atoms. The minimum atomic E-state index is 1.08. The fourth-order valence-corrected chi connectivity index (χ4v) is 9.73. The molecule has 0 amide bonds. The number of hydrogen-bond donors (Lipinski definition) is 0. The maximum atomic E-state index is 2.43. The Labute approximate surface area is 373 Å². The molecule has 0 atom stereocenters. The summed E-state index contributed by atoms with van der Waals surface area (Å²) in [5.41, 5.74) is 16.3. The van der Waals surface area contributed by atoms with Crippen LogP contribution in [0.2, 0.25) is 0 Å². The lowest BCUT2D eigenvalue weighted by Crippen LogP contribution is -2.11. The molecule has 0 saturated heterocycles. The van der Waals surface area contributed by atoms with Crippen LogP contribution in [0, 0.1) is 0 Å². The summed E-state index contributed by atoms with van der Waals surface area (Å²) >= 11 is 0. The molecular weight excluding hydrogens is 773 g/mol. The SMILES string of the molecule is c1ccc(-c2cccc(N(c3ccc(-c4cccc(-c5cccc6ccccc56)c4)cc3)c3ccccc3-c3ccc(-n4c5ccccc5c5ccc6ccccc6c54)cc3)c2)cc1. The average Bonchev–Trinajstić information content (AvgIpc) is 3.72. The Bertz CT molecular complexity index is 3650. The van der Waals surface area contributed by atoms with E-state index in [1.54, 1.807) is 0 Å². The second kappa shape index (κ2) is 15.8. The number of benzene rings is 11. The predicted octanol–water partition coefficient (Wildman–Crippen LogP) is 17.2. The normalized spacial score (nSPS) is 11.4. The largest absolute Gasteiger partial charge is 0.310 e. The lowest BCUT2D eigenvalue weighted by atomic mass is 9.95. The van der Waals surface area contributed by atoms with Crippen molar-refractivity contribution >= 4 is 60.4 Å². The van der Waals surface area contributed by atoms with Gasteiger partial charge in [0.25, 0.3) is 0 Å². The van der Waals surface area contributed by atoms with Crippen LogP contribution in [-0.2, 0) is 0 Å². The molecule has 0 aliphatic rings. The van der Waals surface area contributed by atoms with Crippen LogP contribution in [0.15, 0.2) is 255 Å². The van der Waals surface area contributed by atoms with Crippen molar-refractivity contribution in [1.29, 1.82) is 0 Å². The third kappa shape index (κ3) is 6.52. The highest BCUT2D eigenvalue weighted by molar-refractivity contribution is 6.18. The quantitative estimate of drug-likeness (QED) is 0.148. The molecule has 2 heteroatoms. The van der Waals surface area contributed by atoms with Crippen LogP contribution in [-0.4, -0.2) is 4.57 Å². The first-order valence-corrected chi connectivity index (χ1v) is 22.0. The summed E-state index contributed by atoms with van der Waals surface area (Å²) in [6.45, 7) is 0. The Morgan fingerprint density at radius 3 is 1.67 bits per heavy atom. The van der Waals surface area contributed by atoms with E-state index in [-0.39, 0.29) is 0 Å². The molecule has 0 aliphatic carbocycles. The summed E-state index contributed by atoms with van der Waals surface area (Å²) in [5.74, 6) is 0. The maximum absolute atomic E-state index is 2.43. The summed E-state index contributed by atoms with van der Waals surface area (Å²) in [5, 5.41) is 7.53. The van der Waals surface area contributed by atoms with Gasteiger partial charge in [-0.05, 0) is 110 Å². The Morgan fingerprint density at radius 1 is 0.281 bits per heavy atom. The van der Waals surface area contributed by atoms with Crippen molar-refractivity contribution in [2.75, 3.05) is 4.90 Å². The van der Waals surface area contributed by atoms with Crippen molar-refractivity contribution in [3.63, 3.8) is 0 Å². The molecule has 0 N–H and O–H groups in total. The zero-order valence-electron chi connectivity index (χ0n) is 35.1. The monoisotopic (exact) mass is 814 g/mol. The fraction of sp³-hybridized carbons (Fsp3) is 0. The van der Waals surface area contributed by atoms with Crippen LogP contribution < -0.4 is 4.90 Å². The number of anilines is 3. The molecule has 64 heavy (non-hydrogen) atoms. The van der Waals surface area contributed by atoms with Gasteiger partial charge in [-0.3, -0.25) is 0 Å². The number of para-hydroxylation sites is 2. The zero-order chi connectivity index (χ0) is 42.4. The van der Waals surface area contributed by atoms with Gasteiger partial charge in [0, 0.05) is 38.8 Å². The van der Waals surface area contributed by atoms with Crippen LogP contribution >= 0.6 is 0 Å². The van der Waals surface area contributed by atoms with Crippen LogP contribution in [0.4, 0.5) is 17.1 Å². The van der Waals surface area contributed by atoms with Crippen LogP contribution in [0.25, 0.3) is 93.5 Å². The van der Waals surface area contributed by atoms with Crippen LogP contribution in [0.1, 0.15) is 0 Å². The highest BCUT2D eigenvalue weighted by Crippen LogP contribution is 2.44. The zero-order valence-corrected chi connectivity index (χ0v) is 35.1. The summed E-state index contributed by atoms with van der Waals surface area (Å²) in [6, 6.07) is 92.6. The minimum absolute atomic E-state index is 1.08. The van der Waals surface area contributed by atoms with Crippen molar-refractivity contribution in [3.05, 3.63) is 255 Å². The van der Waals surface area contributed by atoms with Gasteiger partial charge in [0.1, 0.15) is 0 Å². The highest BCUT2D eigenvalue weighted by atomic mass is 15.1. The van der Waals surface area contributed by atoms with Crippen LogP contribution in [0.3, 0.4) is 0 Å². The molecule has 2 nitrogen and oxygen atoms in total. The number of aromatic nitrogens is 1. The van der Waals surface area contributed by atoms with E-state index in [1.807, 2.05) is 0 Å². The second-order valence-corrected chi connectivity index (χ2v) is 16.5. The molecule has 0 radical (unpaired) electrons. The Morgan fingerprint density at radius 2 is 0.844 bits per heavy atom. The average molecular weight is 815 g/mol. The standard InChI is InChI=1S/C62H42N2/c1-2-15-43(16-3-1)49-21-13-23-53(42-49)63(51-36-31-44(32-37-51)48-20-12-22-50(41-48)55-28-14-19-45-17-4-6-24-54(45)55)60-29-10-8-25-56(60)47-33-38-52(39-34-47)64-61-30-11-9-27-58(61)59-40-35-46-18-5-7-26-57(46)62(59)64/h1-42H. The van der Waals surface area contributed by atoms with E-state index < -0.39 is 0 Å². The van der Waals surface area contributed by atoms with Gasteiger partial charge in [0.15, 0.2) is 0 Å². The summed E-state index contributed by atoms with van der Waals surface area (Å²) < 4.78 is 2.43. The molecule has 0 saturated carbocycles. The molecule has 12 rings (SSSR count). The molecule has 0 unspecified atom stereocenters. The fourth-order valence-electron chi connectivity index (χ4n) is 9.73. The Balaban J connectivity index is 0.964. The molecule has 11 aromatic carbocycles. The van der Waals surface area contributed by atoms with Crippen LogP contribution in [0.5, 0.6) is 0 Å². The highest BCUT2D eigenvalue weighted by Gasteiger charge is 2.20. The summed E-state index contributed by atoms with van der Waals surface area (Å²) in [6.07, 6.45) is 0. The van der Waals surface area contributed by atoms with E-state index in [1.165, 1.54) is 76.7 Å². The number of rotatable bonds is 8. The van der Waals surface area contributed by atoms with Crippen molar-refractivity contribution < 1.29 is 0 Å². The lowest BCUT2D eigenvalue weighted by molar-refractivity contribution is 1.19. The van der Waals surface area contributed by atoms with Gasteiger partial charge in [-0.25, -0.2) is 0 Å². The van der Waals surface area contributed by atoms with E-state index in [2.05, 4.69) is 264 Å². The number of fused-ring (bicyclic) bond motifs is 6.